The zero-order valence-corrected chi connectivity index (χ0v) is 20.1. The highest BCUT2D eigenvalue weighted by Gasteiger charge is 2.39. The van der Waals surface area contributed by atoms with E-state index in [4.69, 9.17) is 0 Å². The standard InChI is InChI=1S/C25H30BrN3O2/c1-4-28(5-2)24(30)16-12-18-17-10-7-11-20-22(17)19(13-21(18)27(3)14-16)23(26)29(20)25(31)15-8-6-9-15/h7,10-12,15-16,21H,4-6,8-9,13-14H2,1-3H3. The summed E-state index contributed by atoms with van der Waals surface area (Å²) in [6, 6.07) is 6.50. The minimum atomic E-state index is -0.130. The Morgan fingerprint density at radius 3 is 2.58 bits per heavy atom. The van der Waals surface area contributed by atoms with E-state index in [1.54, 1.807) is 0 Å². The van der Waals surface area contributed by atoms with Crippen LogP contribution in [0.5, 0.6) is 0 Å². The van der Waals surface area contributed by atoms with Gasteiger partial charge in [-0.25, -0.2) is 0 Å². The molecule has 0 spiro atoms. The first-order chi connectivity index (χ1) is 15.0. The molecule has 0 bridgehead atoms. The summed E-state index contributed by atoms with van der Waals surface area (Å²) in [5.41, 5.74) is 4.63. The number of carbonyl (C=O) groups is 2. The van der Waals surface area contributed by atoms with Crippen molar-refractivity contribution in [2.24, 2.45) is 11.8 Å². The molecule has 0 N–H and O–H groups in total. The second-order valence-electron chi connectivity index (χ2n) is 9.17. The topological polar surface area (TPSA) is 45.6 Å². The second kappa shape index (κ2) is 7.89. The molecule has 31 heavy (non-hydrogen) atoms. The molecule has 2 unspecified atom stereocenters. The van der Waals surface area contributed by atoms with Gasteiger partial charge in [-0.1, -0.05) is 24.6 Å². The molecule has 5 rings (SSSR count). The summed E-state index contributed by atoms with van der Waals surface area (Å²) in [5.74, 6) is 0.437. The quantitative estimate of drug-likeness (QED) is 0.638. The van der Waals surface area contributed by atoms with E-state index in [1.165, 1.54) is 22.1 Å². The first-order valence-corrected chi connectivity index (χ1v) is 12.3. The maximum Gasteiger partial charge on any atom is 0.235 e. The van der Waals surface area contributed by atoms with Crippen molar-refractivity contribution in [3.63, 3.8) is 0 Å². The van der Waals surface area contributed by atoms with Gasteiger partial charge in [-0.3, -0.25) is 19.1 Å². The molecule has 1 fully saturated rings. The van der Waals surface area contributed by atoms with E-state index in [0.29, 0.717) is 0 Å². The SMILES string of the molecule is CCN(CC)C(=O)C1C=C2c3cccc4c3c(c(Br)n4C(=O)C3CCC3)CC2N(C)C1. The Morgan fingerprint density at radius 1 is 1.19 bits per heavy atom. The second-order valence-corrected chi connectivity index (χ2v) is 9.92. The number of aromatic nitrogens is 1. The molecular weight excluding hydrogens is 454 g/mol. The largest absolute Gasteiger partial charge is 0.343 e. The number of hydrogen-bond acceptors (Lipinski definition) is 3. The van der Waals surface area contributed by atoms with Crippen molar-refractivity contribution in [1.29, 1.82) is 0 Å². The van der Waals surface area contributed by atoms with E-state index in [1.807, 2.05) is 23.3 Å². The van der Waals surface area contributed by atoms with Gasteiger partial charge in [-0.05, 0) is 78.9 Å². The lowest BCUT2D eigenvalue weighted by molar-refractivity contribution is -0.134. The van der Waals surface area contributed by atoms with E-state index in [0.717, 1.165) is 55.4 Å². The maximum absolute atomic E-state index is 13.2. The Kier molecular flexibility index (Phi) is 5.33. The van der Waals surface area contributed by atoms with Crippen LogP contribution in [0.2, 0.25) is 0 Å². The Labute approximate surface area is 192 Å². The lowest BCUT2D eigenvalue weighted by atomic mass is 9.79. The molecular formula is C25H30BrN3O2. The lowest BCUT2D eigenvalue weighted by Crippen LogP contribution is -2.47. The molecule has 1 amide bonds. The Balaban J connectivity index is 1.64. The van der Waals surface area contributed by atoms with Gasteiger partial charge in [0, 0.05) is 37.0 Å². The van der Waals surface area contributed by atoms with Crippen LogP contribution in [0.3, 0.4) is 0 Å². The van der Waals surface area contributed by atoms with E-state index in [-0.39, 0.29) is 29.7 Å². The van der Waals surface area contributed by atoms with Crippen LogP contribution in [0.25, 0.3) is 16.5 Å². The number of halogens is 1. The smallest absolute Gasteiger partial charge is 0.235 e. The molecule has 1 aliphatic heterocycles. The molecule has 6 heteroatoms. The summed E-state index contributed by atoms with van der Waals surface area (Å²) in [5, 5.41) is 1.17. The predicted molar refractivity (Wildman–Crippen MR) is 127 cm³/mol. The van der Waals surface area contributed by atoms with Crippen molar-refractivity contribution in [3.05, 3.63) is 40.0 Å². The summed E-state index contributed by atoms with van der Waals surface area (Å²) in [4.78, 5) is 30.6. The van der Waals surface area contributed by atoms with Crippen LogP contribution in [0, 0.1) is 11.8 Å². The summed E-state index contributed by atoms with van der Waals surface area (Å²) < 4.78 is 2.83. The molecule has 1 aromatic heterocycles. The number of nitrogens with zero attached hydrogens (tertiary/aromatic N) is 3. The molecule has 164 valence electrons. The van der Waals surface area contributed by atoms with Gasteiger partial charge in [0.25, 0.3) is 0 Å². The molecule has 2 aromatic rings. The van der Waals surface area contributed by atoms with Crippen LogP contribution in [-0.4, -0.2) is 58.9 Å². The van der Waals surface area contributed by atoms with Gasteiger partial charge in [0.1, 0.15) is 0 Å². The van der Waals surface area contributed by atoms with E-state index >= 15 is 0 Å². The summed E-state index contributed by atoms with van der Waals surface area (Å²) in [6.45, 7) is 6.28. The summed E-state index contributed by atoms with van der Waals surface area (Å²) in [7, 11) is 2.12. The van der Waals surface area contributed by atoms with Gasteiger partial charge in [0.2, 0.25) is 11.8 Å². The minimum Gasteiger partial charge on any atom is -0.343 e. The molecule has 2 aliphatic carbocycles. The normalized spacial score (nSPS) is 23.3. The van der Waals surface area contributed by atoms with Crippen molar-refractivity contribution >= 4 is 44.2 Å². The van der Waals surface area contributed by atoms with Crippen molar-refractivity contribution < 1.29 is 9.59 Å². The molecule has 3 aliphatic rings. The fourth-order valence-electron chi connectivity index (χ4n) is 5.57. The number of carbonyl (C=O) groups excluding carboxylic acids is 2. The first kappa shape index (κ1) is 21.0. The van der Waals surface area contributed by atoms with Crippen LogP contribution in [-0.2, 0) is 11.2 Å². The van der Waals surface area contributed by atoms with Crippen LogP contribution in [0.4, 0.5) is 0 Å². The fraction of sp³-hybridized carbons (Fsp3) is 0.520. The van der Waals surface area contributed by atoms with Crippen LogP contribution >= 0.6 is 15.9 Å². The van der Waals surface area contributed by atoms with E-state index in [9.17, 15) is 9.59 Å². The van der Waals surface area contributed by atoms with Gasteiger partial charge in [0.15, 0.2) is 0 Å². The summed E-state index contributed by atoms with van der Waals surface area (Å²) in [6.07, 6.45) is 6.19. The Morgan fingerprint density at radius 2 is 1.94 bits per heavy atom. The number of rotatable bonds is 4. The molecule has 0 saturated heterocycles. The van der Waals surface area contributed by atoms with E-state index in [2.05, 4.69) is 52.2 Å². The monoisotopic (exact) mass is 483 g/mol. The van der Waals surface area contributed by atoms with Crippen molar-refractivity contribution in [2.75, 3.05) is 26.7 Å². The minimum absolute atomic E-state index is 0.130. The molecule has 1 aromatic carbocycles. The van der Waals surface area contributed by atoms with Crippen molar-refractivity contribution in [1.82, 2.24) is 14.4 Å². The van der Waals surface area contributed by atoms with Crippen molar-refractivity contribution in [3.8, 4) is 0 Å². The van der Waals surface area contributed by atoms with Crippen LogP contribution in [0.1, 0.15) is 49.0 Å². The zero-order valence-electron chi connectivity index (χ0n) is 18.5. The number of amides is 1. The molecule has 1 saturated carbocycles. The highest BCUT2D eigenvalue weighted by Crippen LogP contribution is 2.45. The molecule has 5 nitrogen and oxygen atoms in total. The molecule has 2 heterocycles. The highest BCUT2D eigenvalue weighted by molar-refractivity contribution is 9.10. The zero-order chi connectivity index (χ0) is 21.9. The van der Waals surface area contributed by atoms with Crippen molar-refractivity contribution in [2.45, 2.75) is 45.6 Å². The van der Waals surface area contributed by atoms with Crippen LogP contribution < -0.4 is 0 Å². The third-order valence-electron chi connectivity index (χ3n) is 7.56. The average Bonchev–Trinajstić information content (AvgIpc) is 3.01. The van der Waals surface area contributed by atoms with Gasteiger partial charge < -0.3 is 4.90 Å². The van der Waals surface area contributed by atoms with Gasteiger partial charge in [-0.2, -0.15) is 0 Å². The molecule has 2 atom stereocenters. The summed E-state index contributed by atoms with van der Waals surface area (Å²) >= 11 is 3.80. The third-order valence-corrected chi connectivity index (χ3v) is 8.40. The number of fused-ring (bicyclic) bond motifs is 2. The number of hydrogen-bond donors (Lipinski definition) is 0. The van der Waals surface area contributed by atoms with E-state index < -0.39 is 0 Å². The first-order valence-electron chi connectivity index (χ1n) is 11.5. The average molecular weight is 484 g/mol. The van der Waals surface area contributed by atoms with Gasteiger partial charge in [0.05, 0.1) is 16.0 Å². The predicted octanol–water partition coefficient (Wildman–Crippen LogP) is 4.58. The fourth-order valence-corrected chi connectivity index (χ4v) is 6.30. The van der Waals surface area contributed by atoms with Crippen LogP contribution in [0.15, 0.2) is 28.9 Å². The van der Waals surface area contributed by atoms with Gasteiger partial charge in [-0.15, -0.1) is 0 Å². The Hall–Kier alpha value is -1.92. The third kappa shape index (κ3) is 3.13. The number of likely N-dealkylation sites (N-methyl/N-ethyl adjacent to an activating group) is 1. The highest BCUT2D eigenvalue weighted by atomic mass is 79.9. The lowest BCUT2D eigenvalue weighted by Gasteiger charge is -2.40. The maximum atomic E-state index is 13.2. The van der Waals surface area contributed by atoms with Gasteiger partial charge >= 0.3 is 0 Å². The Bertz CT molecular complexity index is 1090. The molecule has 0 radical (unpaired) electrons. The number of benzene rings is 1.